The number of carbonyl (C=O) groups excluding carboxylic acids is 1. The third kappa shape index (κ3) is 4.55. The van der Waals surface area contributed by atoms with E-state index in [2.05, 4.69) is 10.3 Å². The van der Waals surface area contributed by atoms with Crippen molar-refractivity contribution in [2.75, 3.05) is 0 Å². The minimum atomic E-state index is -1.20. The van der Waals surface area contributed by atoms with Gasteiger partial charge < -0.3 is 10.4 Å². The minimum absolute atomic E-state index is 0.0642. The number of carbonyl (C=O) groups is 1. The molecule has 1 amide bonds. The Morgan fingerprint density at radius 1 is 1.00 bits per heavy atom. The minimum Gasteiger partial charge on any atom is -0.507 e. The molecular formula is C27H23F3N4O4. The number of aryl methyl sites for hydroxylation is 1. The molecule has 4 aromatic rings. The van der Waals surface area contributed by atoms with Gasteiger partial charge in [-0.05, 0) is 68.5 Å². The van der Waals surface area contributed by atoms with Crippen LogP contribution in [0.5, 0.6) is 5.75 Å². The van der Waals surface area contributed by atoms with Crippen molar-refractivity contribution in [3.8, 4) is 11.4 Å². The Kier molecular flexibility index (Phi) is 6.52. The lowest BCUT2D eigenvalue weighted by Gasteiger charge is -2.30. The maximum Gasteiger partial charge on any atom is 0.337 e. The lowest BCUT2D eigenvalue weighted by molar-refractivity contribution is 0.0919. The largest absolute Gasteiger partial charge is 0.507 e. The van der Waals surface area contributed by atoms with Gasteiger partial charge in [-0.3, -0.25) is 14.2 Å². The average Bonchev–Trinajstić information content (AvgIpc) is 2.87. The number of hydrogen-bond acceptors (Lipinski definition) is 5. The van der Waals surface area contributed by atoms with E-state index in [1.165, 1.54) is 18.2 Å². The van der Waals surface area contributed by atoms with Crippen molar-refractivity contribution in [3.63, 3.8) is 0 Å². The van der Waals surface area contributed by atoms with Crippen LogP contribution in [-0.2, 0) is 0 Å². The Morgan fingerprint density at radius 2 is 1.74 bits per heavy atom. The van der Waals surface area contributed by atoms with E-state index in [1.54, 1.807) is 13.0 Å². The predicted molar refractivity (Wildman–Crippen MR) is 133 cm³/mol. The molecule has 0 atom stereocenters. The van der Waals surface area contributed by atoms with Crippen LogP contribution in [-0.4, -0.2) is 31.2 Å². The second-order valence-electron chi connectivity index (χ2n) is 9.42. The van der Waals surface area contributed by atoms with Gasteiger partial charge in [0, 0.05) is 18.2 Å². The van der Waals surface area contributed by atoms with E-state index in [9.17, 15) is 32.7 Å². The van der Waals surface area contributed by atoms with Gasteiger partial charge in [0.25, 0.3) is 11.5 Å². The van der Waals surface area contributed by atoms with Gasteiger partial charge >= 0.3 is 5.69 Å². The first-order valence-electron chi connectivity index (χ1n) is 12.0. The van der Waals surface area contributed by atoms with Gasteiger partial charge in [0.15, 0.2) is 17.3 Å². The Labute approximate surface area is 214 Å². The van der Waals surface area contributed by atoms with Crippen molar-refractivity contribution < 1.29 is 23.1 Å². The van der Waals surface area contributed by atoms with Crippen molar-refractivity contribution in [1.82, 2.24) is 19.4 Å². The van der Waals surface area contributed by atoms with Crippen LogP contribution in [0.25, 0.3) is 16.7 Å². The van der Waals surface area contributed by atoms with E-state index in [1.807, 2.05) is 0 Å². The Balaban J connectivity index is 1.47. The monoisotopic (exact) mass is 524 g/mol. The molecule has 11 heteroatoms. The van der Waals surface area contributed by atoms with Crippen LogP contribution < -0.4 is 16.6 Å². The van der Waals surface area contributed by atoms with Gasteiger partial charge in [0.05, 0.1) is 22.8 Å². The topological polar surface area (TPSA) is 106 Å². The van der Waals surface area contributed by atoms with Crippen molar-refractivity contribution in [1.29, 1.82) is 0 Å². The maximum atomic E-state index is 14.0. The maximum absolute atomic E-state index is 14.0. The zero-order valence-corrected chi connectivity index (χ0v) is 20.2. The number of pyridine rings is 1. The summed E-state index contributed by atoms with van der Waals surface area (Å²) in [5, 5.41) is 12.8. The fourth-order valence-electron chi connectivity index (χ4n) is 4.94. The van der Waals surface area contributed by atoms with E-state index in [-0.39, 0.29) is 34.1 Å². The number of phenols is 1. The number of aromatic nitrogens is 3. The van der Waals surface area contributed by atoms with Gasteiger partial charge in [0.1, 0.15) is 11.6 Å². The van der Waals surface area contributed by atoms with E-state index in [0.29, 0.717) is 25.7 Å². The molecule has 0 spiro atoms. The summed E-state index contributed by atoms with van der Waals surface area (Å²) in [7, 11) is 0. The standard InChI is InChI=1S/C27H23F3N4O4/c1-14-2-8-19(23(35)10-14)25(36)32-16-3-5-17(6-4-16)34-26(37)20-11-15(28)13-31-24(20)33(27(34)38)18-7-9-21(29)22(30)12-18/h2,7-13,16-17,35H,3-6H2,1H3,(H,32,36)/t16-,17+. The number of hydrogen-bond donors (Lipinski definition) is 2. The van der Waals surface area contributed by atoms with E-state index in [0.717, 1.165) is 39.1 Å². The second-order valence-corrected chi connectivity index (χ2v) is 9.42. The van der Waals surface area contributed by atoms with Crippen molar-refractivity contribution >= 4 is 16.9 Å². The number of nitrogens with zero attached hydrogens (tertiary/aromatic N) is 3. The fraction of sp³-hybridized carbons (Fsp3) is 0.259. The van der Waals surface area contributed by atoms with Crippen molar-refractivity contribution in [2.45, 2.75) is 44.7 Å². The van der Waals surface area contributed by atoms with Gasteiger partial charge in [-0.15, -0.1) is 0 Å². The van der Waals surface area contributed by atoms with Crippen LogP contribution in [0.1, 0.15) is 47.6 Å². The number of phenolic OH excluding ortho intramolecular Hbond substituents is 1. The fourth-order valence-corrected chi connectivity index (χ4v) is 4.94. The lowest BCUT2D eigenvalue weighted by atomic mass is 9.90. The molecule has 0 unspecified atom stereocenters. The number of benzene rings is 2. The number of halogens is 3. The third-order valence-corrected chi connectivity index (χ3v) is 6.85. The molecule has 8 nitrogen and oxygen atoms in total. The zero-order valence-electron chi connectivity index (χ0n) is 20.2. The Hall–Kier alpha value is -4.41. The summed E-state index contributed by atoms with van der Waals surface area (Å²) >= 11 is 0. The van der Waals surface area contributed by atoms with E-state index < -0.39 is 40.6 Å². The molecule has 2 N–H and O–H groups in total. The summed E-state index contributed by atoms with van der Waals surface area (Å²) in [6, 6.07) is 7.69. The highest BCUT2D eigenvalue weighted by atomic mass is 19.2. The molecule has 2 heterocycles. The zero-order chi connectivity index (χ0) is 27.1. The number of amides is 1. The second kappa shape index (κ2) is 9.81. The molecule has 5 rings (SSSR count). The third-order valence-electron chi connectivity index (χ3n) is 6.85. The molecule has 0 bridgehead atoms. The van der Waals surface area contributed by atoms with Gasteiger partial charge in [-0.25, -0.2) is 27.5 Å². The first kappa shape index (κ1) is 25.2. The molecule has 1 aliphatic carbocycles. The quantitative estimate of drug-likeness (QED) is 0.421. The molecule has 0 radical (unpaired) electrons. The molecule has 0 aliphatic heterocycles. The Morgan fingerprint density at radius 3 is 2.42 bits per heavy atom. The molecule has 38 heavy (non-hydrogen) atoms. The number of nitrogens with one attached hydrogen (secondary N) is 1. The van der Waals surface area contributed by atoms with Crippen molar-refractivity contribution in [2.24, 2.45) is 0 Å². The highest BCUT2D eigenvalue weighted by molar-refractivity contribution is 5.97. The highest BCUT2D eigenvalue weighted by Crippen LogP contribution is 2.28. The lowest BCUT2D eigenvalue weighted by Crippen LogP contribution is -2.45. The predicted octanol–water partition coefficient (Wildman–Crippen LogP) is 3.89. The molecule has 1 fully saturated rings. The summed E-state index contributed by atoms with van der Waals surface area (Å²) in [6.07, 6.45) is 2.37. The van der Waals surface area contributed by atoms with Crippen LogP contribution in [0.3, 0.4) is 0 Å². The number of rotatable bonds is 4. The van der Waals surface area contributed by atoms with Crippen molar-refractivity contribution in [3.05, 3.63) is 98.1 Å². The summed E-state index contributed by atoms with van der Waals surface area (Å²) < 4.78 is 43.6. The van der Waals surface area contributed by atoms with Crippen LogP contribution in [0.4, 0.5) is 13.2 Å². The molecule has 196 valence electrons. The normalized spacial score (nSPS) is 17.5. The highest BCUT2D eigenvalue weighted by Gasteiger charge is 2.28. The smallest absolute Gasteiger partial charge is 0.337 e. The molecule has 0 saturated heterocycles. The van der Waals surface area contributed by atoms with E-state index in [4.69, 9.17) is 0 Å². The van der Waals surface area contributed by atoms with Gasteiger partial charge in [-0.2, -0.15) is 0 Å². The van der Waals surface area contributed by atoms with Crippen LogP contribution in [0, 0.1) is 24.4 Å². The molecular weight excluding hydrogens is 501 g/mol. The van der Waals surface area contributed by atoms with Crippen LogP contribution in [0.15, 0.2) is 58.3 Å². The summed E-state index contributed by atoms with van der Waals surface area (Å²) in [5.74, 6) is -3.66. The number of aromatic hydroxyl groups is 1. The molecule has 2 aromatic heterocycles. The van der Waals surface area contributed by atoms with Crippen LogP contribution >= 0.6 is 0 Å². The SMILES string of the molecule is Cc1ccc(C(=O)N[C@H]2CC[C@@H](n3c(=O)c4cc(F)cnc4n(-c4ccc(F)c(F)c4)c3=O)CC2)c(O)c1. The van der Waals surface area contributed by atoms with Gasteiger partial charge in [-0.1, -0.05) is 6.07 Å². The Bertz CT molecular complexity index is 1690. The first-order valence-corrected chi connectivity index (χ1v) is 12.0. The number of fused-ring (bicyclic) bond motifs is 1. The molecule has 2 aromatic carbocycles. The molecule has 1 aliphatic rings. The summed E-state index contributed by atoms with van der Waals surface area (Å²) in [4.78, 5) is 43.4. The van der Waals surface area contributed by atoms with Crippen LogP contribution in [0.2, 0.25) is 0 Å². The summed E-state index contributed by atoms with van der Waals surface area (Å²) in [5.41, 5.74) is -0.845. The molecule has 1 saturated carbocycles. The van der Waals surface area contributed by atoms with E-state index >= 15 is 0 Å². The first-order chi connectivity index (χ1) is 18.1. The summed E-state index contributed by atoms with van der Waals surface area (Å²) in [6.45, 7) is 1.79. The average molecular weight is 524 g/mol. The van der Waals surface area contributed by atoms with Gasteiger partial charge in [0.2, 0.25) is 0 Å².